The van der Waals surface area contributed by atoms with Gasteiger partial charge in [-0.15, -0.1) is 0 Å². The molecule has 10 nitrogen and oxygen atoms in total. The van der Waals surface area contributed by atoms with Crippen molar-refractivity contribution in [1.29, 1.82) is 0 Å². The number of carbonyl (C=O) groups excluding carboxylic acids is 1. The number of rotatable bonds is 6. The van der Waals surface area contributed by atoms with E-state index in [0.29, 0.717) is 34.9 Å². The zero-order valence-electron chi connectivity index (χ0n) is 21.0. The number of fused-ring (bicyclic) bond motifs is 3. The largest absolute Gasteiger partial charge is 0.497 e. The number of hydrazine groups is 1. The van der Waals surface area contributed by atoms with Crippen LogP contribution in [0.25, 0.3) is 0 Å². The van der Waals surface area contributed by atoms with Crippen LogP contribution in [0.1, 0.15) is 31.2 Å². The second kappa shape index (κ2) is 8.43. The molecule has 2 aliphatic heterocycles. The molecule has 1 aromatic heterocycles. The number of benzene rings is 1. The van der Waals surface area contributed by atoms with Gasteiger partial charge >= 0.3 is 0 Å². The summed E-state index contributed by atoms with van der Waals surface area (Å²) in [6.45, 7) is 3.34. The van der Waals surface area contributed by atoms with E-state index in [1.54, 1.807) is 33.7 Å². The molecule has 2 saturated carbocycles. The van der Waals surface area contributed by atoms with Crippen LogP contribution in [0, 0.1) is 17.8 Å². The smallest absolute Gasteiger partial charge is 0.257 e. The van der Waals surface area contributed by atoms with Gasteiger partial charge in [0.2, 0.25) is 5.91 Å². The van der Waals surface area contributed by atoms with Gasteiger partial charge in [-0.1, -0.05) is 0 Å². The van der Waals surface area contributed by atoms with Gasteiger partial charge in [-0.3, -0.25) is 10.2 Å². The minimum absolute atomic E-state index is 0.0343. The second-order valence-corrected chi connectivity index (χ2v) is 14.0. The Morgan fingerprint density at radius 2 is 2.00 bits per heavy atom. The van der Waals surface area contributed by atoms with Crippen molar-refractivity contribution in [2.75, 3.05) is 38.2 Å². The Balaban J connectivity index is 1.15. The van der Waals surface area contributed by atoms with Crippen LogP contribution in [0.5, 0.6) is 11.6 Å². The van der Waals surface area contributed by atoms with Gasteiger partial charge < -0.3 is 24.7 Å². The molecular weight excluding hydrogens is 479 g/mol. The maximum absolute atomic E-state index is 13.1. The Kier molecular flexibility index (Phi) is 5.55. The van der Waals surface area contributed by atoms with Crippen molar-refractivity contribution in [3.63, 3.8) is 0 Å². The number of hydrogen-bond acceptors (Lipinski definition) is 9. The number of nitrogens with one attached hydrogen (secondary N) is 4. The van der Waals surface area contributed by atoms with Gasteiger partial charge in [0.25, 0.3) is 5.88 Å². The lowest BCUT2D eigenvalue weighted by Gasteiger charge is -2.34. The Labute approximate surface area is 210 Å². The molecule has 0 radical (unpaired) electrons. The number of ether oxygens (including phenoxy) is 2. The van der Waals surface area contributed by atoms with Crippen molar-refractivity contribution in [2.45, 2.75) is 43.3 Å². The van der Waals surface area contributed by atoms with E-state index < -0.39 is 12.6 Å². The SMILES string of the molecule is COc1ccc2c(c1)[C@]1(C[C@H]1C1CCC3C(C1)NNC3Nc1ncc(P(C)(C)=O)nc1OC)C(=O)N2. The Hall–Kier alpha value is -2.68. The summed E-state index contributed by atoms with van der Waals surface area (Å²) in [6, 6.07) is 6.18. The Bertz CT molecular complexity index is 1270. The quantitative estimate of drug-likeness (QED) is 0.431. The number of hydrogen-bond donors (Lipinski definition) is 4. The number of nitrogens with zero attached hydrogens (tertiary/aromatic N) is 2. The summed E-state index contributed by atoms with van der Waals surface area (Å²) < 4.78 is 23.3. The van der Waals surface area contributed by atoms with E-state index in [9.17, 15) is 9.36 Å². The molecule has 4 unspecified atom stereocenters. The van der Waals surface area contributed by atoms with Crippen molar-refractivity contribution in [3.05, 3.63) is 30.0 Å². The lowest BCUT2D eigenvalue weighted by molar-refractivity contribution is -0.118. The molecule has 6 atom stereocenters. The molecule has 3 fully saturated rings. The molecule has 6 rings (SSSR count). The van der Waals surface area contributed by atoms with E-state index in [1.807, 2.05) is 18.2 Å². The maximum atomic E-state index is 13.1. The van der Waals surface area contributed by atoms with Gasteiger partial charge in [0.1, 0.15) is 18.3 Å². The average Bonchev–Trinajstić information content (AvgIpc) is 3.42. The predicted molar refractivity (Wildman–Crippen MR) is 137 cm³/mol. The van der Waals surface area contributed by atoms with E-state index in [-0.39, 0.29) is 18.1 Å². The first-order chi connectivity index (χ1) is 17.2. The fraction of sp³-hybridized carbons (Fsp3) is 0.560. The summed E-state index contributed by atoms with van der Waals surface area (Å²) >= 11 is 0. The molecule has 4 aliphatic rings. The van der Waals surface area contributed by atoms with Gasteiger partial charge in [-0.2, -0.15) is 0 Å². The molecule has 1 spiro atoms. The minimum Gasteiger partial charge on any atom is -0.497 e. The van der Waals surface area contributed by atoms with Crippen molar-refractivity contribution in [2.24, 2.45) is 17.8 Å². The molecule has 3 heterocycles. The maximum Gasteiger partial charge on any atom is 0.257 e. The summed E-state index contributed by atoms with van der Waals surface area (Å²) in [7, 11) is 0.671. The molecular formula is C25H33N6O4P. The third-order valence-electron chi connectivity index (χ3n) is 8.51. The fourth-order valence-electron chi connectivity index (χ4n) is 6.53. The molecule has 0 bridgehead atoms. The third-order valence-corrected chi connectivity index (χ3v) is 9.83. The monoisotopic (exact) mass is 512 g/mol. The van der Waals surface area contributed by atoms with Crippen molar-refractivity contribution in [3.8, 4) is 11.6 Å². The van der Waals surface area contributed by atoms with Crippen molar-refractivity contribution >= 4 is 30.0 Å². The molecule has 1 amide bonds. The molecule has 4 N–H and O–H groups in total. The van der Waals surface area contributed by atoms with Gasteiger partial charge in [-0.25, -0.2) is 15.4 Å². The summed E-state index contributed by atoms with van der Waals surface area (Å²) in [4.78, 5) is 22.0. The van der Waals surface area contributed by atoms with Crippen LogP contribution in [0.3, 0.4) is 0 Å². The minimum atomic E-state index is -2.53. The standard InChI is InChI=1S/C25H33N6O4P/c1-34-14-6-8-18-16(10-14)25(24(32)27-18)11-17(25)13-5-7-15-19(9-13)30-31-21(15)29-22-23(35-2)28-20(12-26-22)36(3,4)33/h6,8,10,12-13,15,17,19,21,30-31H,5,7,9,11H2,1-4H3,(H,26,29)(H,27,32)/t13?,15?,17-,19?,21?,25-/m0/s1. The van der Waals surface area contributed by atoms with Crippen molar-refractivity contribution in [1.82, 2.24) is 20.8 Å². The number of carbonyl (C=O) groups is 1. The average molecular weight is 513 g/mol. The van der Waals surface area contributed by atoms with E-state index >= 15 is 0 Å². The first-order valence-electron chi connectivity index (χ1n) is 12.5. The zero-order valence-corrected chi connectivity index (χ0v) is 21.9. The Morgan fingerprint density at radius 3 is 2.75 bits per heavy atom. The lowest BCUT2D eigenvalue weighted by Crippen LogP contribution is -2.39. The Morgan fingerprint density at radius 1 is 1.17 bits per heavy atom. The van der Waals surface area contributed by atoms with Crippen LogP contribution < -0.4 is 36.4 Å². The van der Waals surface area contributed by atoms with Crippen LogP contribution >= 0.6 is 7.14 Å². The molecule has 11 heteroatoms. The first kappa shape index (κ1) is 23.7. The summed E-state index contributed by atoms with van der Waals surface area (Å²) in [5.41, 5.74) is 8.92. The van der Waals surface area contributed by atoms with E-state index in [1.165, 1.54) is 0 Å². The van der Waals surface area contributed by atoms with Crippen LogP contribution in [0.4, 0.5) is 11.5 Å². The zero-order chi connectivity index (χ0) is 25.2. The highest BCUT2D eigenvalue weighted by Crippen LogP contribution is 2.65. The summed E-state index contributed by atoms with van der Waals surface area (Å²) in [6.07, 6.45) is 5.53. The normalized spacial score (nSPS) is 32.6. The van der Waals surface area contributed by atoms with E-state index in [0.717, 1.165) is 42.7 Å². The second-order valence-electron chi connectivity index (χ2n) is 10.8. The summed E-state index contributed by atoms with van der Waals surface area (Å²) in [5.74, 6) is 2.98. The van der Waals surface area contributed by atoms with Crippen LogP contribution in [0.2, 0.25) is 0 Å². The summed E-state index contributed by atoms with van der Waals surface area (Å²) in [5, 5.41) is 6.54. The molecule has 2 aromatic rings. The highest BCUT2D eigenvalue weighted by Gasteiger charge is 2.67. The predicted octanol–water partition coefficient (Wildman–Crippen LogP) is 2.28. The number of methoxy groups -OCH3 is 2. The molecule has 36 heavy (non-hydrogen) atoms. The first-order valence-corrected chi connectivity index (χ1v) is 15.1. The van der Waals surface area contributed by atoms with Gasteiger partial charge in [0, 0.05) is 17.6 Å². The van der Waals surface area contributed by atoms with E-state index in [4.69, 9.17) is 9.47 Å². The molecule has 1 aromatic carbocycles. The van der Waals surface area contributed by atoms with Crippen LogP contribution in [0.15, 0.2) is 24.4 Å². The lowest BCUT2D eigenvalue weighted by atomic mass is 9.74. The number of anilines is 2. The number of aromatic nitrogens is 2. The molecule has 2 aliphatic carbocycles. The highest BCUT2D eigenvalue weighted by molar-refractivity contribution is 7.69. The van der Waals surface area contributed by atoms with Crippen LogP contribution in [-0.4, -0.2) is 55.6 Å². The highest BCUT2D eigenvalue weighted by atomic mass is 31.2. The molecule has 1 saturated heterocycles. The van der Waals surface area contributed by atoms with Gasteiger partial charge in [-0.05, 0) is 74.6 Å². The van der Waals surface area contributed by atoms with Gasteiger partial charge in [0.15, 0.2) is 5.82 Å². The van der Waals surface area contributed by atoms with Gasteiger partial charge in [0.05, 0.1) is 32.0 Å². The topological polar surface area (TPSA) is 126 Å². The molecule has 192 valence electrons. The van der Waals surface area contributed by atoms with Crippen molar-refractivity contribution < 1.29 is 18.8 Å². The fourth-order valence-corrected chi connectivity index (χ4v) is 7.20. The van der Waals surface area contributed by atoms with E-state index in [2.05, 4.69) is 31.5 Å². The third kappa shape index (κ3) is 3.69. The van der Waals surface area contributed by atoms with Crippen LogP contribution in [-0.2, 0) is 14.8 Å². The number of amides is 1.